The summed E-state index contributed by atoms with van der Waals surface area (Å²) in [6.07, 6.45) is 0. The maximum absolute atomic E-state index is 6.06. The van der Waals surface area contributed by atoms with E-state index in [0.29, 0.717) is 17.5 Å². The number of hydrogen-bond donors (Lipinski definition) is 3. The maximum atomic E-state index is 6.06. The van der Waals surface area contributed by atoms with E-state index in [0.717, 1.165) is 5.56 Å². The summed E-state index contributed by atoms with van der Waals surface area (Å²) in [6, 6.07) is 7.68. The number of aromatic nitrogens is 3. The largest absolute Gasteiger partial charge is 0.467 e. The van der Waals surface area contributed by atoms with Gasteiger partial charge in [0.05, 0.1) is 7.11 Å². The maximum Gasteiger partial charge on any atom is 0.322 e. The first-order chi connectivity index (χ1) is 9.22. The minimum atomic E-state index is 0.171. The van der Waals surface area contributed by atoms with Gasteiger partial charge in [0, 0.05) is 11.6 Å². The number of nitrogens with one attached hydrogen (secondary N) is 2. The highest BCUT2D eigenvalue weighted by atomic mass is 35.5. The van der Waals surface area contributed by atoms with Crippen molar-refractivity contribution in [2.45, 2.75) is 6.54 Å². The van der Waals surface area contributed by atoms with Crippen LogP contribution in [0.15, 0.2) is 24.3 Å². The van der Waals surface area contributed by atoms with Gasteiger partial charge in [-0.2, -0.15) is 15.0 Å². The van der Waals surface area contributed by atoms with E-state index >= 15 is 0 Å². The Labute approximate surface area is 115 Å². The van der Waals surface area contributed by atoms with Crippen LogP contribution in [0.25, 0.3) is 0 Å². The molecule has 0 radical (unpaired) electrons. The zero-order chi connectivity index (χ0) is 13.7. The molecule has 2 rings (SSSR count). The molecule has 0 saturated heterocycles. The lowest BCUT2D eigenvalue weighted by atomic mass is 10.2. The van der Waals surface area contributed by atoms with Crippen molar-refractivity contribution < 1.29 is 4.74 Å². The van der Waals surface area contributed by atoms with Crippen molar-refractivity contribution in [3.8, 4) is 6.01 Å². The molecule has 0 unspecified atom stereocenters. The molecule has 19 heavy (non-hydrogen) atoms. The average Bonchev–Trinajstić information content (AvgIpc) is 2.46. The third-order valence-electron chi connectivity index (χ3n) is 2.32. The number of hydrogen-bond acceptors (Lipinski definition) is 7. The number of nitrogens with zero attached hydrogens (tertiary/aromatic N) is 3. The van der Waals surface area contributed by atoms with Crippen LogP contribution in [0, 0.1) is 0 Å². The number of methoxy groups -OCH3 is 1. The van der Waals surface area contributed by atoms with Gasteiger partial charge in [-0.3, -0.25) is 5.43 Å². The molecular weight excluding hydrogens is 268 g/mol. The fourth-order valence-corrected chi connectivity index (χ4v) is 1.61. The number of ether oxygens (including phenoxy) is 1. The Morgan fingerprint density at radius 2 is 1.95 bits per heavy atom. The molecular formula is C11H13ClN6O. The molecule has 2 aromatic rings. The third-order valence-corrected chi connectivity index (χ3v) is 2.69. The second-order valence-corrected chi connectivity index (χ2v) is 3.97. The summed E-state index contributed by atoms with van der Waals surface area (Å²) in [5.74, 6) is 5.83. The Morgan fingerprint density at radius 1 is 1.21 bits per heavy atom. The van der Waals surface area contributed by atoms with E-state index < -0.39 is 0 Å². The van der Waals surface area contributed by atoms with Crippen LogP contribution in [-0.2, 0) is 6.54 Å². The van der Waals surface area contributed by atoms with Gasteiger partial charge in [-0.05, 0) is 11.6 Å². The summed E-state index contributed by atoms with van der Waals surface area (Å²) in [5, 5.41) is 3.70. The van der Waals surface area contributed by atoms with Gasteiger partial charge in [-0.15, -0.1) is 0 Å². The Bertz CT molecular complexity index is 542. The molecule has 0 atom stereocenters. The van der Waals surface area contributed by atoms with E-state index in [4.69, 9.17) is 22.2 Å². The lowest BCUT2D eigenvalue weighted by molar-refractivity contribution is 0.379. The lowest BCUT2D eigenvalue weighted by Gasteiger charge is -2.08. The van der Waals surface area contributed by atoms with Crippen molar-refractivity contribution in [1.29, 1.82) is 0 Å². The molecule has 0 amide bonds. The summed E-state index contributed by atoms with van der Waals surface area (Å²) in [5.41, 5.74) is 3.28. The average molecular weight is 281 g/mol. The van der Waals surface area contributed by atoms with Crippen LogP contribution in [0.3, 0.4) is 0 Å². The SMILES string of the molecule is COc1nc(NN)nc(NCc2ccccc2Cl)n1. The number of nitrogen functional groups attached to an aromatic ring is 1. The van der Waals surface area contributed by atoms with Gasteiger partial charge in [0.1, 0.15) is 0 Å². The fraction of sp³-hybridized carbons (Fsp3) is 0.182. The Hall–Kier alpha value is -2.12. The van der Waals surface area contributed by atoms with Crippen molar-refractivity contribution in [3.05, 3.63) is 34.9 Å². The van der Waals surface area contributed by atoms with Crippen LogP contribution in [-0.4, -0.2) is 22.1 Å². The van der Waals surface area contributed by atoms with Gasteiger partial charge in [-0.25, -0.2) is 5.84 Å². The van der Waals surface area contributed by atoms with E-state index in [-0.39, 0.29) is 12.0 Å². The first-order valence-electron chi connectivity index (χ1n) is 5.47. The molecule has 8 heteroatoms. The van der Waals surface area contributed by atoms with Crippen LogP contribution in [0.2, 0.25) is 5.02 Å². The number of nitrogens with two attached hydrogens (primary N) is 1. The van der Waals surface area contributed by atoms with Crippen molar-refractivity contribution in [1.82, 2.24) is 15.0 Å². The zero-order valence-electron chi connectivity index (χ0n) is 10.2. The molecule has 0 aliphatic heterocycles. The molecule has 0 aliphatic carbocycles. The highest BCUT2D eigenvalue weighted by molar-refractivity contribution is 6.31. The van der Waals surface area contributed by atoms with E-state index in [9.17, 15) is 0 Å². The molecule has 1 heterocycles. The predicted octanol–water partition coefficient (Wildman–Crippen LogP) is 1.43. The van der Waals surface area contributed by atoms with Gasteiger partial charge in [0.25, 0.3) is 0 Å². The topological polar surface area (TPSA) is 98.0 Å². The number of anilines is 2. The van der Waals surface area contributed by atoms with Gasteiger partial charge in [0.2, 0.25) is 11.9 Å². The molecule has 1 aromatic heterocycles. The number of halogens is 1. The van der Waals surface area contributed by atoms with Gasteiger partial charge >= 0.3 is 6.01 Å². The van der Waals surface area contributed by atoms with Crippen LogP contribution >= 0.6 is 11.6 Å². The predicted molar refractivity (Wildman–Crippen MR) is 73.0 cm³/mol. The van der Waals surface area contributed by atoms with Gasteiger partial charge < -0.3 is 10.1 Å². The fourth-order valence-electron chi connectivity index (χ4n) is 1.41. The molecule has 0 spiro atoms. The van der Waals surface area contributed by atoms with Crippen LogP contribution in [0.5, 0.6) is 6.01 Å². The Morgan fingerprint density at radius 3 is 2.63 bits per heavy atom. The molecule has 0 fully saturated rings. The van der Waals surface area contributed by atoms with Crippen molar-refractivity contribution in [2.75, 3.05) is 17.9 Å². The second kappa shape index (κ2) is 6.17. The quantitative estimate of drug-likeness (QED) is 0.563. The van der Waals surface area contributed by atoms with E-state index in [1.807, 2.05) is 24.3 Å². The number of hydrazine groups is 1. The second-order valence-electron chi connectivity index (χ2n) is 3.56. The highest BCUT2D eigenvalue weighted by Crippen LogP contribution is 2.16. The summed E-state index contributed by atoms with van der Waals surface area (Å²) in [6.45, 7) is 0.483. The van der Waals surface area contributed by atoms with Crippen molar-refractivity contribution in [2.24, 2.45) is 5.84 Å². The smallest absolute Gasteiger partial charge is 0.322 e. The lowest BCUT2D eigenvalue weighted by Crippen LogP contribution is -2.14. The van der Waals surface area contributed by atoms with Gasteiger partial charge in [0.15, 0.2) is 0 Å². The van der Waals surface area contributed by atoms with Gasteiger partial charge in [-0.1, -0.05) is 29.8 Å². The van der Waals surface area contributed by atoms with E-state index in [2.05, 4.69) is 25.7 Å². The number of benzene rings is 1. The summed E-state index contributed by atoms with van der Waals surface area (Å²) < 4.78 is 4.95. The van der Waals surface area contributed by atoms with Crippen LogP contribution in [0.4, 0.5) is 11.9 Å². The number of rotatable bonds is 5. The van der Waals surface area contributed by atoms with E-state index in [1.54, 1.807) is 0 Å². The van der Waals surface area contributed by atoms with Crippen molar-refractivity contribution >= 4 is 23.5 Å². The zero-order valence-corrected chi connectivity index (χ0v) is 11.0. The molecule has 100 valence electrons. The Balaban J connectivity index is 2.13. The minimum absolute atomic E-state index is 0.171. The summed E-state index contributed by atoms with van der Waals surface area (Å²) in [4.78, 5) is 12.0. The summed E-state index contributed by atoms with van der Waals surface area (Å²) in [7, 11) is 1.47. The third kappa shape index (κ3) is 3.43. The molecule has 7 nitrogen and oxygen atoms in total. The first kappa shape index (κ1) is 13.3. The van der Waals surface area contributed by atoms with Crippen LogP contribution < -0.4 is 21.3 Å². The van der Waals surface area contributed by atoms with Crippen molar-refractivity contribution in [3.63, 3.8) is 0 Å². The van der Waals surface area contributed by atoms with E-state index in [1.165, 1.54) is 7.11 Å². The summed E-state index contributed by atoms with van der Waals surface area (Å²) >= 11 is 6.06. The molecule has 0 aliphatic rings. The normalized spacial score (nSPS) is 10.1. The standard InChI is InChI=1S/C11H13ClN6O/c1-19-11-16-9(15-10(17-11)18-13)14-6-7-4-2-3-5-8(7)12/h2-5H,6,13H2,1H3,(H2,14,15,16,17,18). The molecule has 4 N–H and O–H groups in total. The minimum Gasteiger partial charge on any atom is -0.467 e. The molecule has 0 bridgehead atoms. The molecule has 1 aromatic carbocycles. The monoisotopic (exact) mass is 280 g/mol. The Kier molecular flexibility index (Phi) is 4.32. The first-order valence-corrected chi connectivity index (χ1v) is 5.84. The van der Waals surface area contributed by atoms with Crippen LogP contribution in [0.1, 0.15) is 5.56 Å². The highest BCUT2D eigenvalue weighted by Gasteiger charge is 2.06. The molecule has 0 saturated carbocycles.